The number of carbonyl (C=O) groups excluding carboxylic acids is 1. The molecule has 0 saturated carbocycles. The van der Waals surface area contributed by atoms with Gasteiger partial charge in [0.05, 0.1) is 6.07 Å². The molecule has 0 amide bonds. The molecule has 82 valence electrons. The van der Waals surface area contributed by atoms with E-state index in [9.17, 15) is 15.2 Å². The predicted molar refractivity (Wildman–Crippen MR) is 58.7 cm³/mol. The molecule has 0 aliphatic heterocycles. The van der Waals surface area contributed by atoms with E-state index >= 15 is 0 Å². The molecular formula is C13H13NO2. The molecule has 1 aromatic carbocycles. The van der Waals surface area contributed by atoms with E-state index in [-0.39, 0.29) is 0 Å². The third-order valence-electron chi connectivity index (χ3n) is 3.35. The summed E-state index contributed by atoms with van der Waals surface area (Å²) in [5.41, 5.74) is 0.830. The Morgan fingerprint density at radius 3 is 2.94 bits per heavy atom. The number of carbonyl (C=O) groups is 1. The number of nitrogens with zero attached hydrogens (tertiary/aromatic N) is 1. The van der Waals surface area contributed by atoms with Crippen LogP contribution in [0.3, 0.4) is 0 Å². The van der Waals surface area contributed by atoms with Gasteiger partial charge in [-0.1, -0.05) is 24.3 Å². The van der Waals surface area contributed by atoms with Gasteiger partial charge in [0.2, 0.25) is 0 Å². The van der Waals surface area contributed by atoms with Gasteiger partial charge in [0.1, 0.15) is 17.8 Å². The van der Waals surface area contributed by atoms with Gasteiger partial charge in [-0.2, -0.15) is 5.26 Å². The summed E-state index contributed by atoms with van der Waals surface area (Å²) in [4.78, 5) is 10.8. The Morgan fingerprint density at radius 2 is 2.25 bits per heavy atom. The number of rotatable bonds is 2. The summed E-state index contributed by atoms with van der Waals surface area (Å²) < 4.78 is 0. The number of nitriles is 1. The Kier molecular flexibility index (Phi) is 2.76. The lowest BCUT2D eigenvalue weighted by molar-refractivity contribution is -0.117. The second-order valence-corrected chi connectivity index (χ2v) is 4.17. The van der Waals surface area contributed by atoms with Crippen LogP contribution in [0.4, 0.5) is 0 Å². The zero-order chi connectivity index (χ0) is 11.6. The second kappa shape index (κ2) is 4.07. The van der Waals surface area contributed by atoms with Gasteiger partial charge in [0, 0.05) is 0 Å². The molecule has 16 heavy (non-hydrogen) atoms. The van der Waals surface area contributed by atoms with Crippen molar-refractivity contribution < 1.29 is 9.90 Å². The lowest BCUT2D eigenvalue weighted by atomic mass is 9.68. The van der Waals surface area contributed by atoms with Gasteiger partial charge in [-0.25, -0.2) is 0 Å². The zero-order valence-electron chi connectivity index (χ0n) is 8.89. The van der Waals surface area contributed by atoms with E-state index in [1.807, 2.05) is 24.3 Å². The van der Waals surface area contributed by atoms with E-state index in [4.69, 9.17) is 0 Å². The van der Waals surface area contributed by atoms with Crippen molar-refractivity contribution in [1.82, 2.24) is 0 Å². The summed E-state index contributed by atoms with van der Waals surface area (Å²) in [5, 5.41) is 19.1. The summed E-state index contributed by atoms with van der Waals surface area (Å²) in [6.07, 6.45) is 1.51. The van der Waals surface area contributed by atoms with Gasteiger partial charge in [-0.3, -0.25) is 0 Å². The number of aliphatic hydroxyl groups excluding tert-OH is 1. The summed E-state index contributed by atoms with van der Waals surface area (Å²) in [6.45, 7) is 0. The Hall–Kier alpha value is -1.66. The lowest BCUT2D eigenvalue weighted by Crippen LogP contribution is -2.42. The van der Waals surface area contributed by atoms with Gasteiger partial charge in [0.25, 0.3) is 0 Å². The van der Waals surface area contributed by atoms with Crippen molar-refractivity contribution in [2.75, 3.05) is 0 Å². The molecule has 0 fully saturated rings. The van der Waals surface area contributed by atoms with Crippen LogP contribution >= 0.6 is 0 Å². The maximum atomic E-state index is 10.8. The number of aldehydes is 1. The van der Waals surface area contributed by atoms with Crippen molar-refractivity contribution in [3.63, 3.8) is 0 Å². The molecule has 0 bridgehead atoms. The molecule has 0 radical (unpaired) electrons. The van der Waals surface area contributed by atoms with Crippen molar-refractivity contribution in [2.45, 2.75) is 30.8 Å². The second-order valence-electron chi connectivity index (χ2n) is 4.17. The highest BCUT2D eigenvalue weighted by atomic mass is 16.3. The normalized spacial score (nSPS) is 25.2. The molecule has 0 heterocycles. The fourth-order valence-electron chi connectivity index (χ4n) is 2.47. The first-order chi connectivity index (χ1) is 7.74. The number of aryl methyl sites for hydroxylation is 1. The highest BCUT2D eigenvalue weighted by molar-refractivity contribution is 5.63. The number of hydrogen-bond acceptors (Lipinski definition) is 3. The predicted octanol–water partition coefficient (Wildman–Crippen LogP) is 1.34. The van der Waals surface area contributed by atoms with Crippen LogP contribution in [0.5, 0.6) is 0 Å². The highest BCUT2D eigenvalue weighted by Gasteiger charge is 2.43. The summed E-state index contributed by atoms with van der Waals surface area (Å²) >= 11 is 0. The van der Waals surface area contributed by atoms with Crippen LogP contribution in [0.25, 0.3) is 0 Å². The fraction of sp³-hybridized carbons (Fsp3) is 0.385. The van der Waals surface area contributed by atoms with Crippen LogP contribution in [0.15, 0.2) is 24.3 Å². The summed E-state index contributed by atoms with van der Waals surface area (Å²) in [6, 6.07) is 9.69. The number of benzene rings is 1. The van der Waals surface area contributed by atoms with E-state index in [2.05, 4.69) is 6.07 Å². The van der Waals surface area contributed by atoms with Gasteiger partial charge >= 0.3 is 0 Å². The quantitative estimate of drug-likeness (QED) is 0.757. The van der Waals surface area contributed by atoms with E-state index in [0.717, 1.165) is 24.0 Å². The van der Waals surface area contributed by atoms with Crippen LogP contribution in [0.1, 0.15) is 24.0 Å². The average molecular weight is 215 g/mol. The molecule has 0 saturated heterocycles. The topological polar surface area (TPSA) is 61.1 Å². The summed E-state index contributed by atoms with van der Waals surface area (Å²) in [7, 11) is 0. The molecular weight excluding hydrogens is 202 g/mol. The molecule has 1 aliphatic rings. The van der Waals surface area contributed by atoms with Gasteiger partial charge in [-0.05, 0) is 30.4 Å². The smallest absolute Gasteiger partial charge is 0.150 e. The van der Waals surface area contributed by atoms with Crippen molar-refractivity contribution in [2.24, 2.45) is 0 Å². The molecule has 2 atom stereocenters. The molecule has 1 aromatic rings. The third-order valence-corrected chi connectivity index (χ3v) is 3.35. The van der Waals surface area contributed by atoms with Crippen LogP contribution in [0.2, 0.25) is 0 Å². The van der Waals surface area contributed by atoms with Gasteiger partial charge in [-0.15, -0.1) is 0 Å². The van der Waals surface area contributed by atoms with Crippen molar-refractivity contribution in [1.29, 1.82) is 5.26 Å². The van der Waals surface area contributed by atoms with E-state index < -0.39 is 11.5 Å². The van der Waals surface area contributed by atoms with E-state index in [0.29, 0.717) is 12.7 Å². The number of fused-ring (bicyclic) bond motifs is 1. The molecule has 1 N–H and O–H groups in total. The SMILES string of the molecule is N#CC1(C(O)C=O)CCCc2ccccc21. The Labute approximate surface area is 94.3 Å². The molecule has 0 spiro atoms. The zero-order valence-corrected chi connectivity index (χ0v) is 8.89. The molecule has 3 nitrogen and oxygen atoms in total. The Balaban J connectivity index is 2.59. The first-order valence-electron chi connectivity index (χ1n) is 5.37. The Bertz CT molecular complexity index is 449. The maximum Gasteiger partial charge on any atom is 0.150 e. The van der Waals surface area contributed by atoms with Crippen LogP contribution < -0.4 is 0 Å². The minimum absolute atomic E-state index is 0.464. The van der Waals surface area contributed by atoms with Gasteiger partial charge < -0.3 is 9.90 Å². The molecule has 2 rings (SSSR count). The molecule has 3 heteroatoms. The molecule has 0 aromatic heterocycles. The molecule has 1 aliphatic carbocycles. The highest BCUT2D eigenvalue weighted by Crippen LogP contribution is 2.39. The largest absolute Gasteiger partial charge is 0.384 e. The molecule has 2 unspecified atom stereocenters. The Morgan fingerprint density at radius 1 is 1.50 bits per heavy atom. The van der Waals surface area contributed by atoms with Crippen LogP contribution in [-0.2, 0) is 16.6 Å². The average Bonchev–Trinajstić information content (AvgIpc) is 2.37. The first kappa shape index (κ1) is 10.8. The van der Waals surface area contributed by atoms with Gasteiger partial charge in [0.15, 0.2) is 0 Å². The minimum Gasteiger partial charge on any atom is -0.384 e. The van der Waals surface area contributed by atoms with Crippen molar-refractivity contribution in [3.05, 3.63) is 35.4 Å². The number of aliphatic hydroxyl groups is 1. The van der Waals surface area contributed by atoms with Crippen molar-refractivity contribution in [3.8, 4) is 6.07 Å². The maximum absolute atomic E-state index is 10.8. The third kappa shape index (κ3) is 1.43. The van der Waals surface area contributed by atoms with Crippen molar-refractivity contribution >= 4 is 6.29 Å². The van der Waals surface area contributed by atoms with E-state index in [1.165, 1.54) is 0 Å². The summed E-state index contributed by atoms with van der Waals surface area (Å²) in [5.74, 6) is 0. The standard InChI is InChI=1S/C13H13NO2/c14-9-13(12(16)8-15)7-3-5-10-4-1-2-6-11(10)13/h1-2,4,6,8,12,16H,3,5,7H2. The monoisotopic (exact) mass is 215 g/mol. The fourth-order valence-corrected chi connectivity index (χ4v) is 2.47. The lowest BCUT2D eigenvalue weighted by Gasteiger charge is -2.34. The minimum atomic E-state index is -1.24. The van der Waals surface area contributed by atoms with Crippen LogP contribution in [0, 0.1) is 11.3 Å². The van der Waals surface area contributed by atoms with E-state index in [1.54, 1.807) is 0 Å². The van der Waals surface area contributed by atoms with Crippen LogP contribution in [-0.4, -0.2) is 17.5 Å². The number of hydrogen-bond donors (Lipinski definition) is 1. The first-order valence-corrected chi connectivity index (χ1v) is 5.37.